The third-order valence-corrected chi connectivity index (χ3v) is 3.66. The molecule has 1 aliphatic rings. The Morgan fingerprint density at radius 2 is 2.00 bits per heavy atom. The van der Waals surface area contributed by atoms with Crippen LogP contribution in [-0.4, -0.2) is 10.1 Å². The molecule has 1 aromatic carbocycles. The molecule has 1 atom stereocenters. The lowest BCUT2D eigenvalue weighted by Crippen LogP contribution is -2.10. The first-order valence-electron chi connectivity index (χ1n) is 5.72. The van der Waals surface area contributed by atoms with Gasteiger partial charge in [0, 0.05) is 17.1 Å². The number of aliphatic hydroxyl groups is 1. The molecule has 1 aliphatic carbocycles. The molecule has 1 N–H and O–H groups in total. The van der Waals surface area contributed by atoms with Crippen molar-refractivity contribution in [2.45, 2.75) is 25.9 Å². The highest BCUT2D eigenvalue weighted by molar-refractivity contribution is 5.82. The average molecular weight is 213 g/mol. The van der Waals surface area contributed by atoms with E-state index in [1.807, 2.05) is 30.3 Å². The highest BCUT2D eigenvalue weighted by Gasteiger charge is 2.45. The van der Waals surface area contributed by atoms with Gasteiger partial charge in [-0.2, -0.15) is 0 Å². The number of pyridine rings is 1. The lowest BCUT2D eigenvalue weighted by molar-refractivity contribution is 0.105. The van der Waals surface area contributed by atoms with Gasteiger partial charge in [0.05, 0.1) is 11.6 Å². The van der Waals surface area contributed by atoms with Gasteiger partial charge in [0.1, 0.15) is 0 Å². The van der Waals surface area contributed by atoms with Crippen molar-refractivity contribution in [1.29, 1.82) is 0 Å². The molecule has 1 fully saturated rings. The van der Waals surface area contributed by atoms with Crippen LogP contribution in [0.15, 0.2) is 36.5 Å². The maximum Gasteiger partial charge on any atom is 0.0864 e. The summed E-state index contributed by atoms with van der Waals surface area (Å²) in [5.41, 5.74) is 1.98. The van der Waals surface area contributed by atoms with Crippen LogP contribution in [0.1, 0.15) is 31.4 Å². The Kier molecular flexibility index (Phi) is 2.01. The van der Waals surface area contributed by atoms with Gasteiger partial charge in [0.25, 0.3) is 0 Å². The molecule has 2 heteroatoms. The summed E-state index contributed by atoms with van der Waals surface area (Å²) >= 11 is 0. The van der Waals surface area contributed by atoms with Crippen LogP contribution in [0.4, 0.5) is 0 Å². The fraction of sp³-hybridized carbons (Fsp3) is 0.357. The first kappa shape index (κ1) is 9.79. The quantitative estimate of drug-likeness (QED) is 0.831. The van der Waals surface area contributed by atoms with E-state index in [0.29, 0.717) is 0 Å². The van der Waals surface area contributed by atoms with E-state index in [4.69, 9.17) is 0 Å². The maximum absolute atomic E-state index is 10.4. The lowest BCUT2D eigenvalue weighted by atomic mass is 9.93. The molecule has 1 aromatic heterocycles. The van der Waals surface area contributed by atoms with Gasteiger partial charge in [-0.15, -0.1) is 0 Å². The summed E-state index contributed by atoms with van der Waals surface area (Å²) in [7, 11) is 0. The van der Waals surface area contributed by atoms with Crippen molar-refractivity contribution in [1.82, 2.24) is 4.98 Å². The number of para-hydroxylation sites is 1. The second-order valence-corrected chi connectivity index (χ2v) is 4.98. The van der Waals surface area contributed by atoms with Crippen LogP contribution in [0.25, 0.3) is 10.9 Å². The molecule has 0 radical (unpaired) electrons. The summed E-state index contributed by atoms with van der Waals surface area (Å²) in [5.74, 6) is 0. The summed E-state index contributed by atoms with van der Waals surface area (Å²) in [5, 5.41) is 11.5. The van der Waals surface area contributed by atoms with E-state index in [0.717, 1.165) is 29.3 Å². The normalized spacial score (nSPS) is 19.6. The Morgan fingerprint density at radius 1 is 1.25 bits per heavy atom. The third-order valence-electron chi connectivity index (χ3n) is 3.66. The van der Waals surface area contributed by atoms with Crippen molar-refractivity contribution in [3.8, 4) is 0 Å². The van der Waals surface area contributed by atoms with Crippen molar-refractivity contribution >= 4 is 10.9 Å². The minimum absolute atomic E-state index is 0.0752. The summed E-state index contributed by atoms with van der Waals surface area (Å²) in [6.45, 7) is 2.14. The van der Waals surface area contributed by atoms with E-state index < -0.39 is 0 Å². The minimum atomic E-state index is -0.383. The Balaban J connectivity index is 2.16. The maximum atomic E-state index is 10.4. The van der Waals surface area contributed by atoms with Crippen molar-refractivity contribution in [2.24, 2.45) is 5.41 Å². The second-order valence-electron chi connectivity index (χ2n) is 4.98. The standard InChI is InChI=1S/C14H15NO/c1-14(7-8-14)13(16)11-6-2-4-10-5-3-9-15-12(10)11/h2-6,9,13,16H,7-8H2,1H3. The zero-order chi connectivity index (χ0) is 11.2. The first-order chi connectivity index (χ1) is 7.71. The Bertz CT molecular complexity index is 526. The van der Waals surface area contributed by atoms with E-state index >= 15 is 0 Å². The molecule has 1 unspecified atom stereocenters. The topological polar surface area (TPSA) is 33.1 Å². The number of benzene rings is 1. The molecule has 82 valence electrons. The smallest absolute Gasteiger partial charge is 0.0864 e. The summed E-state index contributed by atoms with van der Waals surface area (Å²) in [6, 6.07) is 9.98. The van der Waals surface area contributed by atoms with Gasteiger partial charge in [-0.1, -0.05) is 31.2 Å². The number of fused-ring (bicyclic) bond motifs is 1. The fourth-order valence-electron chi connectivity index (χ4n) is 2.19. The number of hydrogen-bond acceptors (Lipinski definition) is 2. The van der Waals surface area contributed by atoms with Crippen LogP contribution in [0.5, 0.6) is 0 Å². The van der Waals surface area contributed by atoms with Crippen LogP contribution in [-0.2, 0) is 0 Å². The van der Waals surface area contributed by atoms with Crippen LogP contribution < -0.4 is 0 Å². The predicted octanol–water partition coefficient (Wildman–Crippen LogP) is 3.07. The molecule has 3 rings (SSSR count). The lowest BCUT2D eigenvalue weighted by Gasteiger charge is -2.19. The second kappa shape index (κ2) is 3.29. The molecule has 1 heterocycles. The number of aliphatic hydroxyl groups excluding tert-OH is 1. The number of hydrogen-bond donors (Lipinski definition) is 1. The molecule has 0 saturated heterocycles. The van der Waals surface area contributed by atoms with Crippen LogP contribution in [0.2, 0.25) is 0 Å². The summed E-state index contributed by atoms with van der Waals surface area (Å²) in [4.78, 5) is 4.38. The van der Waals surface area contributed by atoms with Crippen LogP contribution in [0, 0.1) is 5.41 Å². The molecular weight excluding hydrogens is 198 g/mol. The van der Waals surface area contributed by atoms with E-state index in [2.05, 4.69) is 11.9 Å². The SMILES string of the molecule is CC1(C(O)c2cccc3cccnc23)CC1. The van der Waals surface area contributed by atoms with Gasteiger partial charge >= 0.3 is 0 Å². The Labute approximate surface area is 94.9 Å². The highest BCUT2D eigenvalue weighted by Crippen LogP contribution is 2.54. The summed E-state index contributed by atoms with van der Waals surface area (Å²) < 4.78 is 0. The van der Waals surface area contributed by atoms with Gasteiger partial charge in [-0.3, -0.25) is 4.98 Å². The molecule has 0 amide bonds. The average Bonchev–Trinajstić information content (AvgIpc) is 3.07. The Hall–Kier alpha value is -1.41. The van der Waals surface area contributed by atoms with Gasteiger partial charge in [0.15, 0.2) is 0 Å². The molecule has 1 saturated carbocycles. The third kappa shape index (κ3) is 1.41. The van der Waals surface area contributed by atoms with Gasteiger partial charge in [0.2, 0.25) is 0 Å². The van der Waals surface area contributed by atoms with E-state index in [-0.39, 0.29) is 11.5 Å². The molecule has 0 aliphatic heterocycles. The largest absolute Gasteiger partial charge is 0.388 e. The minimum Gasteiger partial charge on any atom is -0.388 e. The van der Waals surface area contributed by atoms with Gasteiger partial charge < -0.3 is 5.11 Å². The molecule has 2 aromatic rings. The zero-order valence-electron chi connectivity index (χ0n) is 9.35. The zero-order valence-corrected chi connectivity index (χ0v) is 9.35. The summed E-state index contributed by atoms with van der Waals surface area (Å²) in [6.07, 6.45) is 3.62. The van der Waals surface area contributed by atoms with E-state index in [9.17, 15) is 5.11 Å². The van der Waals surface area contributed by atoms with Crippen molar-refractivity contribution in [2.75, 3.05) is 0 Å². The molecular formula is C14H15NO. The first-order valence-corrected chi connectivity index (χ1v) is 5.72. The van der Waals surface area contributed by atoms with Gasteiger partial charge in [-0.25, -0.2) is 0 Å². The molecule has 2 nitrogen and oxygen atoms in total. The van der Waals surface area contributed by atoms with Gasteiger partial charge in [-0.05, 0) is 24.3 Å². The molecule has 16 heavy (non-hydrogen) atoms. The fourth-order valence-corrected chi connectivity index (χ4v) is 2.19. The van der Waals surface area contributed by atoms with E-state index in [1.54, 1.807) is 6.20 Å². The van der Waals surface area contributed by atoms with Crippen LogP contribution >= 0.6 is 0 Å². The van der Waals surface area contributed by atoms with Crippen molar-refractivity contribution in [3.05, 3.63) is 42.1 Å². The van der Waals surface area contributed by atoms with Crippen molar-refractivity contribution in [3.63, 3.8) is 0 Å². The van der Waals surface area contributed by atoms with Crippen molar-refractivity contribution < 1.29 is 5.11 Å². The highest BCUT2D eigenvalue weighted by atomic mass is 16.3. The van der Waals surface area contributed by atoms with E-state index in [1.165, 1.54) is 0 Å². The predicted molar refractivity (Wildman–Crippen MR) is 64.0 cm³/mol. The molecule has 0 spiro atoms. The molecule has 0 bridgehead atoms. The Morgan fingerprint density at radius 3 is 2.75 bits per heavy atom. The number of nitrogens with zero attached hydrogens (tertiary/aromatic N) is 1. The number of rotatable bonds is 2. The van der Waals surface area contributed by atoms with Crippen LogP contribution in [0.3, 0.4) is 0 Å². The number of aromatic nitrogens is 1. The monoisotopic (exact) mass is 213 g/mol.